The van der Waals surface area contributed by atoms with E-state index in [-0.39, 0.29) is 24.0 Å². The van der Waals surface area contributed by atoms with E-state index >= 15 is 0 Å². The molecule has 1 saturated heterocycles. The summed E-state index contributed by atoms with van der Waals surface area (Å²) in [6, 6.07) is 8.42. The molecule has 1 aliphatic rings. The number of hydrogen-bond acceptors (Lipinski definition) is 6. The zero-order valence-corrected chi connectivity index (χ0v) is 19.8. The Kier molecular flexibility index (Phi) is 6.30. The smallest absolute Gasteiger partial charge is 0.197 e. The first-order valence-corrected chi connectivity index (χ1v) is 11.1. The highest BCUT2D eigenvalue weighted by atomic mass is 79.9. The molecule has 0 unspecified atom stereocenters. The monoisotopic (exact) mass is 507 g/mol. The van der Waals surface area contributed by atoms with Gasteiger partial charge in [0.25, 0.3) is 0 Å². The van der Waals surface area contributed by atoms with Crippen LogP contribution in [0.15, 0.2) is 44.0 Å². The van der Waals surface area contributed by atoms with Gasteiger partial charge in [-0.25, -0.2) is 0 Å². The standard InChI is InChI=1S/C23H23BrClNO5/c1-26-7-6-14(16(26)11-27)21-19(29-2)10-20(30-3)22-17(28)9-18(31-23(21)22)13-5-4-12(24)8-15(13)25/h4-5,8-10,14,16,27H,6-7,11H2,1-3H3/t14-,16+/m0/s1. The molecule has 164 valence electrons. The van der Waals surface area contributed by atoms with Crippen molar-refractivity contribution in [3.63, 3.8) is 0 Å². The van der Waals surface area contributed by atoms with Crippen LogP contribution in [-0.2, 0) is 0 Å². The zero-order valence-electron chi connectivity index (χ0n) is 17.4. The van der Waals surface area contributed by atoms with Gasteiger partial charge in [-0.05, 0) is 38.2 Å². The average Bonchev–Trinajstić information content (AvgIpc) is 3.12. The number of likely N-dealkylation sites (N-methyl/N-ethyl adjacent to an activating group) is 1. The molecule has 1 aliphatic heterocycles. The predicted molar refractivity (Wildman–Crippen MR) is 125 cm³/mol. The predicted octanol–water partition coefficient (Wildman–Crippen LogP) is 4.67. The first-order valence-electron chi connectivity index (χ1n) is 9.88. The summed E-state index contributed by atoms with van der Waals surface area (Å²) in [6.45, 7) is 0.801. The van der Waals surface area contributed by atoms with Gasteiger partial charge in [-0.2, -0.15) is 0 Å². The third-order valence-corrected chi connectivity index (χ3v) is 6.79. The number of benzene rings is 2. The van der Waals surface area contributed by atoms with Crippen LogP contribution in [0.4, 0.5) is 0 Å². The molecule has 2 heterocycles. The molecule has 3 aromatic rings. The molecular weight excluding hydrogens is 486 g/mol. The van der Waals surface area contributed by atoms with Crippen LogP contribution in [0.2, 0.25) is 5.02 Å². The minimum absolute atomic E-state index is 0.0136. The second kappa shape index (κ2) is 8.82. The highest BCUT2D eigenvalue weighted by Gasteiger charge is 2.37. The fourth-order valence-electron chi connectivity index (χ4n) is 4.41. The first-order chi connectivity index (χ1) is 14.9. The molecule has 1 N–H and O–H groups in total. The van der Waals surface area contributed by atoms with Gasteiger partial charge < -0.3 is 23.9 Å². The Balaban J connectivity index is 2.06. The molecule has 2 aromatic carbocycles. The minimum Gasteiger partial charge on any atom is -0.496 e. The molecule has 0 saturated carbocycles. The van der Waals surface area contributed by atoms with Gasteiger partial charge in [-0.1, -0.05) is 27.5 Å². The van der Waals surface area contributed by atoms with Crippen molar-refractivity contribution in [3.05, 3.63) is 55.6 Å². The van der Waals surface area contributed by atoms with Crippen molar-refractivity contribution in [1.82, 2.24) is 4.90 Å². The van der Waals surface area contributed by atoms with E-state index in [4.69, 9.17) is 25.5 Å². The van der Waals surface area contributed by atoms with Gasteiger partial charge in [0.15, 0.2) is 5.43 Å². The number of hydrogen-bond donors (Lipinski definition) is 1. The highest BCUT2D eigenvalue weighted by molar-refractivity contribution is 9.10. The number of ether oxygens (including phenoxy) is 2. The van der Waals surface area contributed by atoms with Crippen LogP contribution >= 0.6 is 27.5 Å². The van der Waals surface area contributed by atoms with Crippen LogP contribution in [0, 0.1) is 0 Å². The highest BCUT2D eigenvalue weighted by Crippen LogP contribution is 2.45. The van der Waals surface area contributed by atoms with Gasteiger partial charge in [0.2, 0.25) is 0 Å². The van der Waals surface area contributed by atoms with Crippen molar-refractivity contribution >= 4 is 38.5 Å². The van der Waals surface area contributed by atoms with Gasteiger partial charge in [0, 0.05) is 39.7 Å². The summed E-state index contributed by atoms with van der Waals surface area (Å²) in [5.74, 6) is 1.23. The molecule has 0 aliphatic carbocycles. The Labute approximate surface area is 193 Å². The van der Waals surface area contributed by atoms with E-state index in [1.165, 1.54) is 13.2 Å². The second-order valence-corrected chi connectivity index (χ2v) is 8.95. The van der Waals surface area contributed by atoms with Crippen molar-refractivity contribution in [3.8, 4) is 22.8 Å². The van der Waals surface area contributed by atoms with Gasteiger partial charge >= 0.3 is 0 Å². The topological polar surface area (TPSA) is 72.1 Å². The molecule has 4 rings (SSSR count). The van der Waals surface area contributed by atoms with Crippen molar-refractivity contribution in [2.45, 2.75) is 18.4 Å². The Morgan fingerprint density at radius 1 is 1.23 bits per heavy atom. The van der Waals surface area contributed by atoms with Gasteiger partial charge in [0.1, 0.15) is 28.2 Å². The van der Waals surface area contributed by atoms with Gasteiger partial charge in [-0.3, -0.25) is 4.79 Å². The maximum atomic E-state index is 13.2. The molecular formula is C23H23BrClNO5. The van der Waals surface area contributed by atoms with Crippen LogP contribution in [0.5, 0.6) is 11.5 Å². The number of aliphatic hydroxyl groups excluding tert-OH is 1. The van der Waals surface area contributed by atoms with Crippen molar-refractivity contribution in [2.24, 2.45) is 0 Å². The third-order valence-electron chi connectivity index (χ3n) is 5.98. The Morgan fingerprint density at radius 2 is 1.97 bits per heavy atom. The summed E-state index contributed by atoms with van der Waals surface area (Å²) >= 11 is 9.83. The van der Waals surface area contributed by atoms with Crippen LogP contribution in [0.1, 0.15) is 17.9 Å². The second-order valence-electron chi connectivity index (χ2n) is 7.62. The van der Waals surface area contributed by atoms with Gasteiger partial charge in [0.05, 0.1) is 25.8 Å². The van der Waals surface area contributed by atoms with E-state index in [0.29, 0.717) is 38.8 Å². The maximum absolute atomic E-state index is 13.2. The summed E-state index contributed by atoms with van der Waals surface area (Å²) in [4.78, 5) is 15.3. The maximum Gasteiger partial charge on any atom is 0.197 e. The number of likely N-dealkylation sites (tertiary alicyclic amines) is 1. The molecule has 0 spiro atoms. The summed E-state index contributed by atoms with van der Waals surface area (Å²) < 4.78 is 18.4. The van der Waals surface area contributed by atoms with Gasteiger partial charge in [-0.15, -0.1) is 0 Å². The molecule has 1 fully saturated rings. The van der Waals surface area contributed by atoms with E-state index in [2.05, 4.69) is 20.8 Å². The van der Waals surface area contributed by atoms with E-state index in [1.54, 1.807) is 25.3 Å². The largest absolute Gasteiger partial charge is 0.496 e. The number of rotatable bonds is 5. The third kappa shape index (κ3) is 3.84. The summed E-state index contributed by atoms with van der Waals surface area (Å²) in [5.41, 5.74) is 1.53. The summed E-state index contributed by atoms with van der Waals surface area (Å²) in [5, 5.41) is 10.8. The molecule has 0 amide bonds. The lowest BCUT2D eigenvalue weighted by Crippen LogP contribution is -2.32. The molecule has 31 heavy (non-hydrogen) atoms. The van der Waals surface area contributed by atoms with Crippen molar-refractivity contribution in [1.29, 1.82) is 0 Å². The van der Waals surface area contributed by atoms with E-state index in [0.717, 1.165) is 23.0 Å². The van der Waals surface area contributed by atoms with Crippen molar-refractivity contribution < 1.29 is 19.0 Å². The fraction of sp³-hybridized carbons (Fsp3) is 0.348. The van der Waals surface area contributed by atoms with Crippen LogP contribution in [-0.4, -0.2) is 50.5 Å². The normalized spacial score (nSPS) is 19.2. The van der Waals surface area contributed by atoms with Crippen LogP contribution in [0.3, 0.4) is 0 Å². The Morgan fingerprint density at radius 3 is 2.61 bits per heavy atom. The Hall–Kier alpha value is -2.06. The van der Waals surface area contributed by atoms with E-state index in [9.17, 15) is 9.90 Å². The fourth-order valence-corrected chi connectivity index (χ4v) is 5.18. The van der Waals surface area contributed by atoms with Crippen LogP contribution in [0.25, 0.3) is 22.3 Å². The number of aliphatic hydroxyl groups is 1. The number of methoxy groups -OCH3 is 2. The summed E-state index contributed by atoms with van der Waals surface area (Å²) in [7, 11) is 5.05. The number of nitrogens with zero attached hydrogens (tertiary/aromatic N) is 1. The summed E-state index contributed by atoms with van der Waals surface area (Å²) in [6.07, 6.45) is 0.798. The van der Waals surface area contributed by atoms with E-state index in [1.807, 2.05) is 13.1 Å². The SMILES string of the molecule is COc1cc(OC)c2c(=O)cc(-c3ccc(Br)cc3Cl)oc2c1[C@H]1CCN(C)[C@@H]1CO. The lowest BCUT2D eigenvalue weighted by molar-refractivity contribution is 0.171. The van der Waals surface area contributed by atoms with Crippen LogP contribution < -0.4 is 14.9 Å². The molecule has 6 nitrogen and oxygen atoms in total. The minimum atomic E-state index is -0.233. The Bertz CT molecular complexity index is 1190. The number of halogens is 2. The van der Waals surface area contributed by atoms with E-state index < -0.39 is 0 Å². The van der Waals surface area contributed by atoms with Crippen molar-refractivity contribution in [2.75, 3.05) is 34.4 Å². The quantitative estimate of drug-likeness (QED) is 0.540. The number of fused-ring (bicyclic) bond motifs is 1. The molecule has 1 aromatic heterocycles. The lowest BCUT2D eigenvalue weighted by Gasteiger charge is -2.25. The zero-order chi connectivity index (χ0) is 22.3. The lowest BCUT2D eigenvalue weighted by atomic mass is 9.89. The molecule has 2 atom stereocenters. The molecule has 0 bridgehead atoms. The first kappa shape index (κ1) is 22.1. The average molecular weight is 509 g/mol. The molecule has 8 heteroatoms. The molecule has 0 radical (unpaired) electrons.